The van der Waals surface area contributed by atoms with Gasteiger partial charge in [0.1, 0.15) is 17.2 Å². The van der Waals surface area contributed by atoms with Gasteiger partial charge in [-0.3, -0.25) is 19.5 Å². The van der Waals surface area contributed by atoms with E-state index in [-0.39, 0.29) is 11.6 Å². The van der Waals surface area contributed by atoms with Crippen molar-refractivity contribution in [2.45, 2.75) is 19.5 Å². The third kappa shape index (κ3) is 4.75. The molecule has 1 N–H and O–H groups in total. The minimum Gasteiger partial charge on any atom is -0.464 e. The Labute approximate surface area is 186 Å². The lowest BCUT2D eigenvalue weighted by atomic mass is 10.1. The van der Waals surface area contributed by atoms with Crippen LogP contribution in [0.4, 0.5) is 5.69 Å². The summed E-state index contributed by atoms with van der Waals surface area (Å²) in [5.74, 6) is 0.280. The third-order valence-corrected chi connectivity index (χ3v) is 4.98. The molecule has 0 fully saturated rings. The number of aromatic nitrogens is 1. The molecule has 32 heavy (non-hydrogen) atoms. The number of carbonyl (C=O) groups is 2. The molecule has 0 radical (unpaired) electrons. The number of nitrogens with zero attached hydrogens (tertiary/aromatic N) is 2. The average molecular weight is 425 g/mol. The van der Waals surface area contributed by atoms with E-state index >= 15 is 0 Å². The van der Waals surface area contributed by atoms with Crippen molar-refractivity contribution < 1.29 is 14.0 Å². The normalized spacial score (nSPS) is 11.5. The number of anilines is 1. The fourth-order valence-electron chi connectivity index (χ4n) is 3.44. The van der Waals surface area contributed by atoms with Crippen LogP contribution < -0.4 is 10.2 Å². The molecule has 0 spiro atoms. The summed E-state index contributed by atoms with van der Waals surface area (Å²) in [4.78, 5) is 32.7. The molecule has 2 heterocycles. The van der Waals surface area contributed by atoms with Crippen LogP contribution in [0.25, 0.3) is 0 Å². The summed E-state index contributed by atoms with van der Waals surface area (Å²) in [5.41, 5.74) is 1.76. The van der Waals surface area contributed by atoms with E-state index in [1.807, 2.05) is 48.5 Å². The lowest BCUT2D eigenvalue weighted by molar-refractivity contribution is -0.123. The third-order valence-electron chi connectivity index (χ3n) is 4.98. The number of rotatable bonds is 7. The number of amides is 2. The minimum absolute atomic E-state index is 0.237. The molecule has 0 unspecified atom stereocenters. The first-order chi connectivity index (χ1) is 15.6. The maximum Gasteiger partial charge on any atom is 0.277 e. The molecule has 0 aliphatic rings. The Hall–Kier alpha value is -4.19. The lowest BCUT2D eigenvalue weighted by Gasteiger charge is -2.29. The summed E-state index contributed by atoms with van der Waals surface area (Å²) in [7, 11) is 0. The van der Waals surface area contributed by atoms with Gasteiger partial charge in [0.15, 0.2) is 6.04 Å². The molecule has 160 valence electrons. The van der Waals surface area contributed by atoms with Gasteiger partial charge in [0.05, 0.1) is 0 Å². The Morgan fingerprint density at radius 3 is 2.22 bits per heavy atom. The second-order valence-corrected chi connectivity index (χ2v) is 7.28. The molecule has 6 nitrogen and oxygen atoms in total. The van der Waals surface area contributed by atoms with Crippen molar-refractivity contribution in [3.8, 4) is 0 Å². The van der Waals surface area contributed by atoms with Crippen LogP contribution in [0.3, 0.4) is 0 Å². The summed E-state index contributed by atoms with van der Waals surface area (Å²) in [5, 5.41) is 2.95. The Morgan fingerprint density at radius 1 is 0.906 bits per heavy atom. The number of benzene rings is 2. The smallest absolute Gasteiger partial charge is 0.277 e. The number of hydrogen-bond donors (Lipinski definition) is 1. The highest BCUT2D eigenvalue weighted by Crippen LogP contribution is 2.30. The minimum atomic E-state index is -1.01. The zero-order valence-electron chi connectivity index (χ0n) is 17.6. The molecular weight excluding hydrogens is 402 g/mol. The van der Waals surface area contributed by atoms with Crippen LogP contribution in [0.5, 0.6) is 0 Å². The summed E-state index contributed by atoms with van der Waals surface area (Å²) < 4.78 is 5.83. The second-order valence-electron chi connectivity index (χ2n) is 7.28. The van der Waals surface area contributed by atoms with Gasteiger partial charge in [-0.05, 0) is 48.9 Å². The van der Waals surface area contributed by atoms with Crippen molar-refractivity contribution in [2.75, 3.05) is 4.90 Å². The van der Waals surface area contributed by atoms with Crippen molar-refractivity contribution in [3.63, 3.8) is 0 Å². The molecule has 2 aromatic heterocycles. The molecule has 0 saturated carbocycles. The molecule has 0 aliphatic heterocycles. The van der Waals surface area contributed by atoms with Crippen molar-refractivity contribution >= 4 is 17.5 Å². The standard InChI is InChI=1S/C26H23N3O3/c1-19-15-16-23(32-19)24(25(30)28-18-20-10-4-2-5-11-20)29(21-12-6-3-7-13-21)26(31)22-14-8-9-17-27-22/h2-17,24H,18H2,1H3,(H,28,30)/t24-/m0/s1. The van der Waals surface area contributed by atoms with E-state index in [1.54, 1.807) is 55.6 Å². The Morgan fingerprint density at radius 2 is 1.59 bits per heavy atom. The maximum atomic E-state index is 13.6. The molecule has 2 aromatic carbocycles. The van der Waals surface area contributed by atoms with E-state index in [9.17, 15) is 9.59 Å². The molecule has 0 saturated heterocycles. The van der Waals surface area contributed by atoms with Crippen molar-refractivity contribution in [3.05, 3.63) is 120 Å². The van der Waals surface area contributed by atoms with Crippen LogP contribution in [0.2, 0.25) is 0 Å². The monoisotopic (exact) mass is 425 g/mol. The molecule has 2 amide bonds. The van der Waals surface area contributed by atoms with Crippen LogP contribution in [0, 0.1) is 6.92 Å². The lowest BCUT2D eigenvalue weighted by Crippen LogP contribution is -2.44. The first-order valence-corrected chi connectivity index (χ1v) is 10.3. The van der Waals surface area contributed by atoms with Gasteiger partial charge in [-0.25, -0.2) is 0 Å². The first kappa shape index (κ1) is 21.1. The van der Waals surface area contributed by atoms with E-state index in [0.717, 1.165) is 5.56 Å². The molecule has 6 heteroatoms. The highest BCUT2D eigenvalue weighted by molar-refractivity contribution is 6.08. The fraction of sp³-hybridized carbons (Fsp3) is 0.115. The zero-order valence-corrected chi connectivity index (χ0v) is 17.6. The summed E-state index contributed by atoms with van der Waals surface area (Å²) in [6.07, 6.45) is 1.55. The van der Waals surface area contributed by atoms with Gasteiger partial charge in [0.2, 0.25) is 0 Å². The highest BCUT2D eigenvalue weighted by Gasteiger charge is 2.36. The van der Waals surface area contributed by atoms with Crippen LogP contribution >= 0.6 is 0 Å². The van der Waals surface area contributed by atoms with E-state index in [2.05, 4.69) is 10.3 Å². The maximum absolute atomic E-state index is 13.6. The first-order valence-electron chi connectivity index (χ1n) is 10.3. The van der Waals surface area contributed by atoms with Crippen LogP contribution in [0.15, 0.2) is 102 Å². The number of para-hydroxylation sites is 1. The summed E-state index contributed by atoms with van der Waals surface area (Å²) >= 11 is 0. The number of carbonyl (C=O) groups excluding carboxylic acids is 2. The Kier molecular flexibility index (Phi) is 6.41. The van der Waals surface area contributed by atoms with Gasteiger partial charge in [0, 0.05) is 18.4 Å². The van der Waals surface area contributed by atoms with Crippen molar-refractivity contribution in [1.82, 2.24) is 10.3 Å². The second kappa shape index (κ2) is 9.75. The number of pyridine rings is 1. The molecular formula is C26H23N3O3. The topological polar surface area (TPSA) is 75.4 Å². The van der Waals surface area contributed by atoms with Crippen LogP contribution in [-0.4, -0.2) is 16.8 Å². The summed E-state index contributed by atoms with van der Waals surface area (Å²) in [6, 6.07) is 26.3. The largest absolute Gasteiger partial charge is 0.464 e. The van der Waals surface area contributed by atoms with Crippen LogP contribution in [-0.2, 0) is 11.3 Å². The van der Waals surface area contributed by atoms with E-state index in [4.69, 9.17) is 4.42 Å². The van der Waals surface area contributed by atoms with E-state index < -0.39 is 11.9 Å². The zero-order chi connectivity index (χ0) is 22.3. The van der Waals surface area contributed by atoms with Gasteiger partial charge in [0.25, 0.3) is 11.8 Å². The molecule has 4 aromatic rings. The quantitative estimate of drug-likeness (QED) is 0.466. The van der Waals surface area contributed by atoms with Gasteiger partial charge in [-0.1, -0.05) is 54.6 Å². The van der Waals surface area contributed by atoms with Gasteiger partial charge in [-0.2, -0.15) is 0 Å². The number of nitrogens with one attached hydrogen (secondary N) is 1. The van der Waals surface area contributed by atoms with Crippen molar-refractivity contribution in [1.29, 1.82) is 0 Å². The van der Waals surface area contributed by atoms with Gasteiger partial charge < -0.3 is 9.73 Å². The van der Waals surface area contributed by atoms with Gasteiger partial charge in [-0.15, -0.1) is 0 Å². The molecule has 1 atom stereocenters. The van der Waals surface area contributed by atoms with Crippen molar-refractivity contribution in [2.24, 2.45) is 0 Å². The number of aryl methyl sites for hydroxylation is 1. The summed E-state index contributed by atoms with van der Waals surface area (Å²) in [6.45, 7) is 2.13. The molecule has 0 aliphatic carbocycles. The SMILES string of the molecule is Cc1ccc([C@@H](C(=O)NCc2ccccc2)N(C(=O)c2ccccn2)c2ccccc2)o1. The fourth-order valence-corrected chi connectivity index (χ4v) is 3.44. The molecule has 0 bridgehead atoms. The number of hydrogen-bond acceptors (Lipinski definition) is 4. The van der Waals surface area contributed by atoms with E-state index in [0.29, 0.717) is 23.8 Å². The average Bonchev–Trinajstić information content (AvgIpc) is 3.28. The predicted molar refractivity (Wildman–Crippen MR) is 122 cm³/mol. The number of furan rings is 1. The Bertz CT molecular complexity index is 1170. The Balaban J connectivity index is 1.74. The van der Waals surface area contributed by atoms with E-state index in [1.165, 1.54) is 4.90 Å². The highest BCUT2D eigenvalue weighted by atomic mass is 16.3. The predicted octanol–water partition coefficient (Wildman–Crippen LogP) is 4.69. The molecule has 4 rings (SSSR count). The van der Waals surface area contributed by atoms with Crippen LogP contribution in [0.1, 0.15) is 33.6 Å². The van der Waals surface area contributed by atoms with Gasteiger partial charge >= 0.3 is 0 Å².